The van der Waals surface area contributed by atoms with Gasteiger partial charge in [0.25, 0.3) is 0 Å². The molecule has 1 atom stereocenters. The summed E-state index contributed by atoms with van der Waals surface area (Å²) in [6.45, 7) is 6.26. The number of hydrogen-bond donors (Lipinski definition) is 1. The minimum atomic E-state index is -5.08. The molecule has 0 aliphatic carbocycles. The van der Waals surface area contributed by atoms with E-state index in [0.29, 0.717) is 49.1 Å². The van der Waals surface area contributed by atoms with Crippen molar-refractivity contribution in [2.45, 2.75) is 45.8 Å². The normalized spacial score (nSPS) is 12.2. The molecule has 1 aromatic heterocycles. The van der Waals surface area contributed by atoms with E-state index in [2.05, 4.69) is 4.98 Å². The van der Waals surface area contributed by atoms with Gasteiger partial charge in [-0.3, -0.25) is 9.59 Å². The van der Waals surface area contributed by atoms with Gasteiger partial charge < -0.3 is 19.4 Å². The predicted octanol–water partition coefficient (Wildman–Crippen LogP) is 4.73. The van der Waals surface area contributed by atoms with Crippen molar-refractivity contribution < 1.29 is 31.9 Å². The third-order valence-electron chi connectivity index (χ3n) is 5.82. The average Bonchev–Trinajstić information content (AvgIpc) is 3.25. The Labute approximate surface area is 213 Å². The van der Waals surface area contributed by atoms with E-state index < -0.39 is 24.0 Å². The van der Waals surface area contributed by atoms with Crippen LogP contribution in [-0.4, -0.2) is 53.6 Å². The Kier molecular flexibility index (Phi) is 9.32. The molecule has 1 unspecified atom stereocenters. The second-order valence-corrected chi connectivity index (χ2v) is 8.37. The van der Waals surface area contributed by atoms with Crippen LogP contribution in [0.4, 0.5) is 13.2 Å². The number of oxazole rings is 1. The number of carbonyl (C=O) groups excluding carboxylic acids is 2. The van der Waals surface area contributed by atoms with Crippen molar-refractivity contribution in [3.05, 3.63) is 71.6 Å². The van der Waals surface area contributed by atoms with Gasteiger partial charge in [0.05, 0.1) is 12.3 Å². The van der Waals surface area contributed by atoms with Crippen molar-refractivity contribution >= 4 is 11.8 Å². The summed E-state index contributed by atoms with van der Waals surface area (Å²) >= 11 is 0. The van der Waals surface area contributed by atoms with Gasteiger partial charge in [-0.15, -0.1) is 0 Å². The van der Waals surface area contributed by atoms with Gasteiger partial charge in [-0.25, -0.2) is 4.98 Å². The van der Waals surface area contributed by atoms with Gasteiger partial charge in [-0.1, -0.05) is 30.3 Å². The lowest BCUT2D eigenvalue weighted by molar-refractivity contribution is -0.175. The quantitative estimate of drug-likeness (QED) is 0.398. The molecule has 3 rings (SSSR count). The predicted molar refractivity (Wildman–Crippen MR) is 132 cm³/mol. The number of ether oxygens (including phenoxy) is 1. The Morgan fingerprint density at radius 1 is 1.05 bits per heavy atom. The molecule has 0 spiro atoms. The van der Waals surface area contributed by atoms with Gasteiger partial charge in [0.2, 0.25) is 11.8 Å². The zero-order valence-electron chi connectivity index (χ0n) is 21.0. The second-order valence-electron chi connectivity index (χ2n) is 8.37. The molecule has 1 heterocycles. The summed E-state index contributed by atoms with van der Waals surface area (Å²) in [5.74, 6) is -0.900. The third kappa shape index (κ3) is 7.58. The van der Waals surface area contributed by atoms with Crippen LogP contribution in [0.2, 0.25) is 0 Å². The van der Waals surface area contributed by atoms with Gasteiger partial charge in [0, 0.05) is 31.5 Å². The summed E-state index contributed by atoms with van der Waals surface area (Å²) in [5, 5.41) is 1.84. The molecule has 7 nitrogen and oxygen atoms in total. The van der Waals surface area contributed by atoms with E-state index in [0.717, 1.165) is 11.3 Å². The van der Waals surface area contributed by atoms with Crippen LogP contribution in [0.15, 0.2) is 59.0 Å². The maximum absolute atomic E-state index is 12.8. The molecule has 0 aliphatic heterocycles. The van der Waals surface area contributed by atoms with Crippen molar-refractivity contribution in [2.75, 3.05) is 19.7 Å². The Bertz CT molecular complexity index is 1170. The maximum Gasteiger partial charge on any atom is 0.471 e. The zero-order chi connectivity index (χ0) is 27.0. The van der Waals surface area contributed by atoms with E-state index in [4.69, 9.17) is 9.15 Å². The number of nitrogens with one attached hydrogen (secondary N) is 1. The number of benzene rings is 2. The lowest BCUT2D eigenvalue weighted by Gasteiger charge is -2.26. The molecule has 2 aromatic carbocycles. The molecule has 0 saturated carbocycles. The Hall–Kier alpha value is -3.82. The van der Waals surface area contributed by atoms with Gasteiger partial charge in [0.15, 0.2) is 0 Å². The second kappa shape index (κ2) is 12.4. The number of nitrogens with zero attached hydrogens (tertiary/aromatic N) is 2. The summed E-state index contributed by atoms with van der Waals surface area (Å²) in [6, 6.07) is 14.9. The zero-order valence-corrected chi connectivity index (χ0v) is 21.0. The monoisotopic (exact) mass is 517 g/mol. The fourth-order valence-electron chi connectivity index (χ4n) is 3.78. The third-order valence-corrected chi connectivity index (χ3v) is 5.82. The number of rotatable bonds is 11. The largest absolute Gasteiger partial charge is 0.493 e. The molecule has 0 fully saturated rings. The molecule has 37 heavy (non-hydrogen) atoms. The Morgan fingerprint density at radius 2 is 1.70 bits per heavy atom. The lowest BCUT2D eigenvalue weighted by Crippen LogP contribution is -2.52. The minimum Gasteiger partial charge on any atom is -0.493 e. The molecule has 0 radical (unpaired) electrons. The number of halogens is 3. The first-order valence-corrected chi connectivity index (χ1v) is 12.0. The van der Waals surface area contributed by atoms with Crippen LogP contribution in [0, 0.1) is 6.92 Å². The molecule has 10 heteroatoms. The maximum atomic E-state index is 12.8. The van der Waals surface area contributed by atoms with Crippen molar-refractivity contribution in [1.82, 2.24) is 15.2 Å². The highest BCUT2D eigenvalue weighted by molar-refractivity contribution is 5.90. The molecule has 2 amide bonds. The summed E-state index contributed by atoms with van der Waals surface area (Å²) in [6.07, 6.45) is -4.64. The van der Waals surface area contributed by atoms with Crippen LogP contribution < -0.4 is 10.1 Å². The highest BCUT2D eigenvalue weighted by Gasteiger charge is 2.41. The van der Waals surface area contributed by atoms with Crippen molar-refractivity contribution in [1.29, 1.82) is 0 Å². The first-order valence-electron chi connectivity index (χ1n) is 12.0. The standard InChI is InChI=1S/C27H30F3N3O4/c1-4-33(5-2)25(34)23(32-26(35)27(28,29)30)17-19-11-13-21(14-12-19)36-16-15-22-18(3)37-24(31-22)20-9-7-6-8-10-20/h6-14,23H,4-5,15-17H2,1-3H3,(H,32,35). The van der Waals surface area contributed by atoms with E-state index in [1.165, 1.54) is 4.90 Å². The molecule has 0 bridgehead atoms. The van der Waals surface area contributed by atoms with E-state index in [9.17, 15) is 22.8 Å². The highest BCUT2D eigenvalue weighted by atomic mass is 19.4. The molecule has 198 valence electrons. The fourth-order valence-corrected chi connectivity index (χ4v) is 3.78. The van der Waals surface area contributed by atoms with Gasteiger partial charge in [-0.2, -0.15) is 13.2 Å². The van der Waals surface area contributed by atoms with Crippen LogP contribution in [0.3, 0.4) is 0 Å². The molecular weight excluding hydrogens is 487 g/mol. The first-order chi connectivity index (χ1) is 17.6. The number of amides is 2. The number of alkyl halides is 3. The van der Waals surface area contributed by atoms with E-state index in [1.54, 1.807) is 38.1 Å². The van der Waals surface area contributed by atoms with Crippen LogP contribution in [0.1, 0.15) is 30.9 Å². The number of aryl methyl sites for hydroxylation is 1. The van der Waals surface area contributed by atoms with E-state index in [-0.39, 0.29) is 6.42 Å². The summed E-state index contributed by atoms with van der Waals surface area (Å²) in [4.78, 5) is 30.2. The smallest absolute Gasteiger partial charge is 0.471 e. The number of likely N-dealkylation sites (N-methyl/N-ethyl adjacent to an activating group) is 1. The van der Waals surface area contributed by atoms with Crippen molar-refractivity contribution in [3.8, 4) is 17.2 Å². The number of hydrogen-bond acceptors (Lipinski definition) is 5. The number of carbonyl (C=O) groups is 2. The minimum absolute atomic E-state index is 0.0855. The average molecular weight is 518 g/mol. The molecule has 1 N–H and O–H groups in total. The molecular formula is C27H30F3N3O4. The highest BCUT2D eigenvalue weighted by Crippen LogP contribution is 2.22. The van der Waals surface area contributed by atoms with Gasteiger partial charge >= 0.3 is 12.1 Å². The van der Waals surface area contributed by atoms with Crippen LogP contribution in [0.25, 0.3) is 11.5 Å². The first kappa shape index (κ1) is 27.8. The van der Waals surface area contributed by atoms with Crippen LogP contribution in [0.5, 0.6) is 5.75 Å². The number of aromatic nitrogens is 1. The van der Waals surface area contributed by atoms with Gasteiger partial charge in [0.1, 0.15) is 17.6 Å². The topological polar surface area (TPSA) is 84.7 Å². The fraction of sp³-hybridized carbons (Fsp3) is 0.370. The van der Waals surface area contributed by atoms with Gasteiger partial charge in [-0.05, 0) is 50.6 Å². The van der Waals surface area contributed by atoms with Crippen LogP contribution >= 0.6 is 0 Å². The van der Waals surface area contributed by atoms with Crippen molar-refractivity contribution in [2.24, 2.45) is 0 Å². The Morgan fingerprint density at radius 3 is 2.30 bits per heavy atom. The molecule has 0 aliphatic rings. The van der Waals surface area contributed by atoms with Crippen molar-refractivity contribution in [3.63, 3.8) is 0 Å². The SMILES string of the molecule is CCN(CC)C(=O)C(Cc1ccc(OCCc2nc(-c3ccccc3)oc2C)cc1)NC(=O)C(F)(F)F. The summed E-state index contributed by atoms with van der Waals surface area (Å²) in [7, 11) is 0. The summed E-state index contributed by atoms with van der Waals surface area (Å²) in [5.41, 5.74) is 2.26. The Balaban J connectivity index is 1.60. The molecule has 3 aromatic rings. The molecule has 0 saturated heterocycles. The van der Waals surface area contributed by atoms with E-state index >= 15 is 0 Å². The summed E-state index contributed by atoms with van der Waals surface area (Å²) < 4.78 is 50.0. The van der Waals surface area contributed by atoms with E-state index in [1.807, 2.05) is 42.6 Å². The lowest BCUT2D eigenvalue weighted by atomic mass is 10.0. The van der Waals surface area contributed by atoms with Crippen LogP contribution in [-0.2, 0) is 22.4 Å².